The molecule has 0 aromatic rings. The van der Waals surface area contributed by atoms with E-state index < -0.39 is 5.47 Å². The zero-order chi connectivity index (χ0) is 6.28. The van der Waals surface area contributed by atoms with Gasteiger partial charge in [0.25, 0.3) is 0 Å². The third kappa shape index (κ3) is 0.842. The van der Waals surface area contributed by atoms with Gasteiger partial charge in [-0.3, -0.25) is 0 Å². The van der Waals surface area contributed by atoms with E-state index in [0.717, 1.165) is 17.2 Å². The molecule has 5 heteroatoms. The molecule has 0 N–H and O–H groups in total. The summed E-state index contributed by atoms with van der Waals surface area (Å²) in [5, 5.41) is 9.63. The Hall–Kier alpha value is 0.230. The van der Waals surface area contributed by atoms with E-state index in [0.29, 0.717) is 0 Å². The number of halogens is 2. The number of nitriles is 1. The van der Waals surface area contributed by atoms with Crippen molar-refractivity contribution in [3.05, 3.63) is 11.2 Å². The van der Waals surface area contributed by atoms with Gasteiger partial charge in [-0.05, 0) is 0 Å². The van der Waals surface area contributed by atoms with Gasteiger partial charge in [0.1, 0.15) is 0 Å². The summed E-state index contributed by atoms with van der Waals surface area (Å²) in [4.78, 5) is 0. The normalized spacial score (nSPS) is 33.4. The SMILES string of the molecule is N#CP1(F)(Cl)C=CS1. The second kappa shape index (κ2) is 1.39. The number of rotatable bonds is 0. The van der Waals surface area contributed by atoms with E-state index >= 15 is 0 Å². The molecule has 1 rings (SSSR count). The zero-order valence-electron chi connectivity index (χ0n) is 3.71. The zero-order valence-corrected chi connectivity index (χ0v) is 6.18. The molecule has 0 saturated heterocycles. The van der Waals surface area contributed by atoms with Crippen LogP contribution in [0.4, 0.5) is 4.20 Å². The molecule has 0 aliphatic carbocycles. The molecule has 1 aliphatic heterocycles. The van der Waals surface area contributed by atoms with E-state index in [4.69, 9.17) is 16.5 Å². The third-order valence-corrected chi connectivity index (χ3v) is 5.99. The molecule has 0 bridgehead atoms. The van der Waals surface area contributed by atoms with Crippen LogP contribution in [-0.2, 0) is 0 Å². The maximum atomic E-state index is 12.7. The van der Waals surface area contributed by atoms with E-state index in [-0.39, 0.29) is 0 Å². The first-order valence-corrected chi connectivity index (χ1v) is 6.38. The summed E-state index contributed by atoms with van der Waals surface area (Å²) in [6.45, 7) is 0. The van der Waals surface area contributed by atoms with Crippen molar-refractivity contribution in [2.75, 3.05) is 0 Å². The average molecular weight is 170 g/mol. The molecule has 0 amide bonds. The third-order valence-electron chi connectivity index (χ3n) is 0.737. The van der Waals surface area contributed by atoms with Crippen molar-refractivity contribution in [3.8, 4) is 5.81 Å². The Bertz CT molecular complexity index is 196. The number of nitrogens with zero attached hydrogens (tertiary/aromatic N) is 1. The second-order valence-corrected chi connectivity index (χ2v) is 9.51. The van der Waals surface area contributed by atoms with Crippen molar-refractivity contribution in [2.24, 2.45) is 0 Å². The molecule has 0 unspecified atom stereocenters. The summed E-state index contributed by atoms with van der Waals surface area (Å²) in [6.07, 6.45) is 0. The monoisotopic (exact) mass is 169 g/mol. The summed E-state index contributed by atoms with van der Waals surface area (Å²) in [5.41, 5.74) is -3.91. The maximum absolute atomic E-state index is 12.7. The molecule has 0 aromatic carbocycles. The van der Waals surface area contributed by atoms with Gasteiger partial charge in [0.2, 0.25) is 0 Å². The van der Waals surface area contributed by atoms with Crippen molar-refractivity contribution in [3.63, 3.8) is 0 Å². The van der Waals surface area contributed by atoms with E-state index in [9.17, 15) is 4.20 Å². The molecule has 44 valence electrons. The molecule has 1 nitrogen and oxygen atoms in total. The van der Waals surface area contributed by atoms with Gasteiger partial charge in [-0.2, -0.15) is 0 Å². The van der Waals surface area contributed by atoms with Crippen molar-refractivity contribution in [2.45, 2.75) is 0 Å². The van der Waals surface area contributed by atoms with E-state index in [1.807, 2.05) is 0 Å². The Kier molecular flexibility index (Phi) is 1.10. The molecular weight excluding hydrogens is 168 g/mol. The summed E-state index contributed by atoms with van der Waals surface area (Å²) >= 11 is 6.02. The van der Waals surface area contributed by atoms with Gasteiger partial charge in [0, 0.05) is 0 Å². The van der Waals surface area contributed by atoms with Crippen LogP contribution in [0.1, 0.15) is 0 Å². The van der Waals surface area contributed by atoms with Gasteiger partial charge in [0.15, 0.2) is 0 Å². The van der Waals surface area contributed by atoms with Gasteiger partial charge in [-0.1, -0.05) is 0 Å². The minimum atomic E-state index is -3.91. The van der Waals surface area contributed by atoms with Crippen molar-refractivity contribution >= 4 is 28.1 Å². The quantitative estimate of drug-likeness (QED) is 0.520. The van der Waals surface area contributed by atoms with Crippen LogP contribution >= 0.6 is 28.1 Å². The number of hydrogen-bond donors (Lipinski definition) is 0. The topological polar surface area (TPSA) is 23.8 Å². The standard InChI is InChI=1S/C3H2ClFNPS/c4-7(5,3-6)1-2-8-7/h1-2H. The Morgan fingerprint density at radius 3 is 2.38 bits per heavy atom. The molecule has 0 radical (unpaired) electrons. The molecule has 0 fully saturated rings. The van der Waals surface area contributed by atoms with E-state index in [1.165, 1.54) is 11.2 Å². The summed E-state index contributed by atoms with van der Waals surface area (Å²) < 4.78 is 12.7. The van der Waals surface area contributed by atoms with Gasteiger partial charge < -0.3 is 0 Å². The Morgan fingerprint density at radius 2 is 2.38 bits per heavy atom. The fourth-order valence-corrected chi connectivity index (χ4v) is 3.06. The second-order valence-electron chi connectivity index (χ2n) is 1.38. The Morgan fingerprint density at radius 1 is 1.88 bits per heavy atom. The number of hydrogen-bond acceptors (Lipinski definition) is 2. The molecule has 0 aromatic heterocycles. The molecule has 0 saturated carbocycles. The summed E-state index contributed by atoms with van der Waals surface area (Å²) in [6, 6.07) is 0. The predicted molar refractivity (Wildman–Crippen MR) is 36.2 cm³/mol. The molecular formula is C3H2ClFNPS. The van der Waals surface area contributed by atoms with Crippen molar-refractivity contribution in [1.82, 2.24) is 0 Å². The first-order chi connectivity index (χ1) is 3.55. The summed E-state index contributed by atoms with van der Waals surface area (Å²) in [7, 11) is 0. The van der Waals surface area contributed by atoms with Crippen molar-refractivity contribution in [1.29, 1.82) is 5.26 Å². The van der Waals surface area contributed by atoms with Crippen LogP contribution in [0.25, 0.3) is 0 Å². The van der Waals surface area contributed by atoms with Gasteiger partial charge in [0.05, 0.1) is 0 Å². The molecule has 1 aliphatic rings. The Balaban J connectivity index is 2.98. The fourth-order valence-electron chi connectivity index (χ4n) is 0.271. The first kappa shape index (κ1) is 6.35. The van der Waals surface area contributed by atoms with Crippen LogP contribution in [0.2, 0.25) is 0 Å². The van der Waals surface area contributed by atoms with E-state index in [1.54, 1.807) is 0 Å². The van der Waals surface area contributed by atoms with Crippen LogP contribution < -0.4 is 0 Å². The van der Waals surface area contributed by atoms with Crippen LogP contribution in [0.5, 0.6) is 0 Å². The van der Waals surface area contributed by atoms with Crippen LogP contribution in [-0.4, -0.2) is 0 Å². The van der Waals surface area contributed by atoms with Crippen LogP contribution in [0.15, 0.2) is 11.2 Å². The summed E-state index contributed by atoms with van der Waals surface area (Å²) in [5.74, 6) is 2.61. The minimum absolute atomic E-state index is 0.798. The Labute approximate surface area is 55.1 Å². The molecule has 0 spiro atoms. The first-order valence-electron chi connectivity index (χ1n) is 1.80. The van der Waals surface area contributed by atoms with Gasteiger partial charge in [-0.15, -0.1) is 0 Å². The van der Waals surface area contributed by atoms with Crippen LogP contribution in [0, 0.1) is 11.1 Å². The molecule has 1 heterocycles. The van der Waals surface area contributed by atoms with Gasteiger partial charge in [-0.25, -0.2) is 0 Å². The molecule has 0 atom stereocenters. The van der Waals surface area contributed by atoms with E-state index in [2.05, 4.69) is 0 Å². The predicted octanol–water partition coefficient (Wildman–Crippen LogP) is 3.19. The fraction of sp³-hybridized carbons (Fsp3) is 0. The molecule has 8 heavy (non-hydrogen) atoms. The van der Waals surface area contributed by atoms with Crippen molar-refractivity contribution < 1.29 is 4.20 Å². The van der Waals surface area contributed by atoms with Crippen LogP contribution in [0.3, 0.4) is 0 Å². The average Bonchev–Trinajstić information content (AvgIpc) is 1.64. The van der Waals surface area contributed by atoms with Gasteiger partial charge >= 0.3 is 54.6 Å².